The van der Waals surface area contributed by atoms with Crippen LogP contribution in [0.25, 0.3) is 0 Å². The van der Waals surface area contributed by atoms with Gasteiger partial charge in [-0.15, -0.1) is 0 Å². The Labute approximate surface area is 277 Å². The molecule has 1 aromatic carbocycles. The van der Waals surface area contributed by atoms with Crippen LogP contribution in [0.1, 0.15) is 45.1 Å². The first-order valence-electron chi connectivity index (χ1n) is 15.1. The predicted octanol–water partition coefficient (Wildman–Crippen LogP) is -3.99. The van der Waals surface area contributed by atoms with Crippen LogP contribution in [0.15, 0.2) is 29.3 Å². The van der Waals surface area contributed by atoms with Gasteiger partial charge in [-0.3, -0.25) is 33.8 Å². The van der Waals surface area contributed by atoms with E-state index in [1.807, 2.05) is 6.92 Å². The number of aromatic hydroxyl groups is 1. The van der Waals surface area contributed by atoms with E-state index in [1.54, 1.807) is 6.92 Å². The van der Waals surface area contributed by atoms with Crippen LogP contribution in [-0.2, 0) is 40.0 Å². The normalized spacial score (nSPS) is 13.7. The van der Waals surface area contributed by atoms with Gasteiger partial charge in [0.15, 0.2) is 5.96 Å². The summed E-state index contributed by atoms with van der Waals surface area (Å²) in [5.41, 5.74) is 22.3. The smallest absolute Gasteiger partial charge is 0.326 e. The highest BCUT2D eigenvalue weighted by Crippen LogP contribution is 2.12. The molecule has 0 saturated carbocycles. The number of nitrogens with zero attached hydrogens (tertiary/aromatic N) is 1. The molecule has 48 heavy (non-hydrogen) atoms. The Hall–Kier alpha value is -5.46. The Morgan fingerprint density at radius 3 is 1.98 bits per heavy atom. The average Bonchev–Trinajstić information content (AvgIpc) is 3.02. The van der Waals surface area contributed by atoms with Crippen LogP contribution in [0.5, 0.6) is 5.75 Å². The number of aliphatic carboxylic acids is 1. The van der Waals surface area contributed by atoms with Gasteiger partial charge in [-0.2, -0.15) is 0 Å². The average molecular weight is 679 g/mol. The van der Waals surface area contributed by atoms with Crippen LogP contribution in [0.3, 0.4) is 0 Å². The van der Waals surface area contributed by atoms with Gasteiger partial charge in [0.2, 0.25) is 35.4 Å². The Balaban J connectivity index is 2.76. The summed E-state index contributed by atoms with van der Waals surface area (Å²) in [4.78, 5) is 90.3. The number of phenols is 1. The van der Waals surface area contributed by atoms with Gasteiger partial charge in [0, 0.05) is 13.0 Å². The molecule has 0 spiro atoms. The first kappa shape index (κ1) is 40.6. The van der Waals surface area contributed by atoms with Crippen molar-refractivity contribution in [3.05, 3.63) is 29.8 Å². The van der Waals surface area contributed by atoms with Gasteiger partial charge in [-0.05, 0) is 36.5 Å². The van der Waals surface area contributed by atoms with E-state index in [1.165, 1.54) is 24.3 Å². The van der Waals surface area contributed by atoms with Crippen molar-refractivity contribution in [1.82, 2.24) is 26.6 Å². The van der Waals surface area contributed by atoms with Crippen molar-refractivity contribution < 1.29 is 43.8 Å². The number of amides is 6. The van der Waals surface area contributed by atoms with Crippen molar-refractivity contribution >= 4 is 47.4 Å². The molecule has 0 bridgehead atoms. The van der Waals surface area contributed by atoms with Crippen LogP contribution >= 0.6 is 0 Å². The zero-order chi connectivity index (χ0) is 36.4. The number of carboxylic acid groups (broad SMARTS) is 1. The highest BCUT2D eigenvalue weighted by molar-refractivity contribution is 5.95. The maximum absolute atomic E-state index is 12.8. The highest BCUT2D eigenvalue weighted by atomic mass is 16.4. The van der Waals surface area contributed by atoms with Crippen LogP contribution in [0.4, 0.5) is 0 Å². The molecule has 0 unspecified atom stereocenters. The molecule has 6 amide bonds. The van der Waals surface area contributed by atoms with Gasteiger partial charge < -0.3 is 59.7 Å². The number of phenolic OH excluding ortho intramolecular Hbond substituents is 1. The molecule has 0 aliphatic carbocycles. The maximum Gasteiger partial charge on any atom is 0.326 e. The van der Waals surface area contributed by atoms with Gasteiger partial charge in [0.25, 0.3) is 0 Å². The molecule has 0 saturated heterocycles. The number of nitrogens with two attached hydrogens (primary N) is 4. The molecule has 5 atom stereocenters. The lowest BCUT2D eigenvalue weighted by Gasteiger charge is -2.23. The highest BCUT2D eigenvalue weighted by Gasteiger charge is 2.29. The van der Waals surface area contributed by atoms with E-state index in [4.69, 9.17) is 22.9 Å². The van der Waals surface area contributed by atoms with Crippen molar-refractivity contribution in [3.63, 3.8) is 0 Å². The number of carbonyl (C=O) groups excluding carboxylic acids is 6. The van der Waals surface area contributed by atoms with E-state index < -0.39 is 85.1 Å². The maximum atomic E-state index is 12.8. The number of aliphatic imine (C=N–C) groups is 1. The molecule has 1 aromatic rings. The van der Waals surface area contributed by atoms with Crippen molar-refractivity contribution in [1.29, 1.82) is 0 Å². The number of benzene rings is 1. The Bertz CT molecular complexity index is 1320. The van der Waals surface area contributed by atoms with Crippen LogP contribution in [0.2, 0.25) is 0 Å². The van der Waals surface area contributed by atoms with Crippen LogP contribution < -0.4 is 49.5 Å². The number of rotatable bonds is 21. The lowest BCUT2D eigenvalue weighted by Crippen LogP contribution is -2.55. The van der Waals surface area contributed by atoms with E-state index in [2.05, 4.69) is 31.6 Å². The fourth-order valence-electron chi connectivity index (χ4n) is 4.08. The molecule has 0 radical (unpaired) electrons. The third kappa shape index (κ3) is 15.7. The van der Waals surface area contributed by atoms with Crippen molar-refractivity contribution in [3.8, 4) is 5.75 Å². The van der Waals surface area contributed by atoms with Crippen molar-refractivity contribution in [2.75, 3.05) is 19.6 Å². The van der Waals surface area contributed by atoms with E-state index in [-0.39, 0.29) is 37.0 Å². The fourth-order valence-corrected chi connectivity index (χ4v) is 4.08. The number of guanidine groups is 1. The quantitative estimate of drug-likeness (QED) is 0.0337. The topological polar surface area (TPSA) is 337 Å². The van der Waals surface area contributed by atoms with E-state index in [9.17, 15) is 43.8 Å². The Morgan fingerprint density at radius 2 is 1.42 bits per heavy atom. The number of nitrogens with one attached hydrogen (secondary N) is 5. The van der Waals surface area contributed by atoms with Crippen LogP contribution in [0, 0.1) is 5.92 Å². The molecule has 1 rings (SSSR count). The van der Waals surface area contributed by atoms with Gasteiger partial charge in [0.1, 0.15) is 23.9 Å². The molecule has 0 aliphatic rings. The number of carboxylic acids is 1. The minimum Gasteiger partial charge on any atom is -0.508 e. The first-order chi connectivity index (χ1) is 22.5. The second-order valence-corrected chi connectivity index (χ2v) is 11.0. The Morgan fingerprint density at radius 1 is 0.812 bits per heavy atom. The lowest BCUT2D eigenvalue weighted by atomic mass is 9.98. The second-order valence-electron chi connectivity index (χ2n) is 11.0. The summed E-state index contributed by atoms with van der Waals surface area (Å²) >= 11 is 0. The third-order valence-electron chi connectivity index (χ3n) is 7.06. The second kappa shape index (κ2) is 20.6. The number of hydrogen-bond acceptors (Lipinski definition) is 10. The molecular weight excluding hydrogens is 632 g/mol. The molecule has 0 heterocycles. The number of carbonyl (C=O) groups is 7. The lowest BCUT2D eigenvalue weighted by molar-refractivity contribution is -0.142. The SMILES string of the molecule is CC[C@H](C)[C@H](N)C(=O)N[C@@H](CCCN=C(N)N)C(=O)NCC(=O)NCC(=O)N[C@@H](CC(N)=O)C(=O)N[C@@H](Cc1ccc(O)cc1)C(=O)O. The molecule has 0 aromatic heterocycles. The summed E-state index contributed by atoms with van der Waals surface area (Å²) < 4.78 is 0. The zero-order valence-electron chi connectivity index (χ0n) is 26.9. The van der Waals surface area contributed by atoms with Crippen molar-refractivity contribution in [2.24, 2.45) is 33.8 Å². The molecule has 0 aliphatic heterocycles. The van der Waals surface area contributed by atoms with E-state index in [0.29, 0.717) is 18.4 Å². The summed E-state index contributed by atoms with van der Waals surface area (Å²) in [6.45, 7) is 2.55. The van der Waals surface area contributed by atoms with Gasteiger partial charge in [-0.1, -0.05) is 32.4 Å². The monoisotopic (exact) mass is 678 g/mol. The summed E-state index contributed by atoms with van der Waals surface area (Å²) in [6, 6.07) is 0.616. The minimum atomic E-state index is -1.57. The molecule has 19 nitrogen and oxygen atoms in total. The van der Waals surface area contributed by atoms with Gasteiger partial charge in [0.05, 0.1) is 25.6 Å². The zero-order valence-corrected chi connectivity index (χ0v) is 26.9. The molecule has 19 heteroatoms. The fraction of sp³-hybridized carbons (Fsp3) is 0.517. The first-order valence-corrected chi connectivity index (χ1v) is 15.1. The largest absolute Gasteiger partial charge is 0.508 e. The van der Waals surface area contributed by atoms with Crippen LogP contribution in [-0.4, -0.2) is 101 Å². The summed E-state index contributed by atoms with van der Waals surface area (Å²) in [5, 5.41) is 30.6. The molecule has 0 fully saturated rings. The van der Waals surface area contributed by atoms with E-state index >= 15 is 0 Å². The van der Waals surface area contributed by atoms with E-state index in [0.717, 1.165) is 0 Å². The van der Waals surface area contributed by atoms with Crippen molar-refractivity contribution in [2.45, 2.75) is 70.1 Å². The number of hydrogen-bond donors (Lipinski definition) is 11. The molecule has 266 valence electrons. The molecule has 15 N–H and O–H groups in total. The number of primary amides is 1. The summed E-state index contributed by atoms with van der Waals surface area (Å²) in [6.07, 6.45) is 0.204. The molecular formula is C29H46N10O9. The standard InChI is InChI=1S/C29H46N10O9/c1-3-15(2)24(31)27(46)38-18(5-4-10-34-29(32)33)25(44)36-13-22(42)35-14-23(43)37-19(12-21(30)41)26(45)39-20(28(47)48)11-16-6-8-17(40)9-7-16/h6-9,15,18-20,24,40H,3-5,10-14,31H2,1-2H3,(H2,30,41)(H,35,42)(H,36,44)(H,37,43)(H,38,46)(H,39,45)(H,47,48)(H4,32,33,34)/t15-,18-,19-,20-,24-/m0/s1. The van der Waals surface area contributed by atoms with Gasteiger partial charge >= 0.3 is 5.97 Å². The minimum absolute atomic E-state index is 0.0419. The summed E-state index contributed by atoms with van der Waals surface area (Å²) in [5.74, 6) is -6.74. The predicted molar refractivity (Wildman–Crippen MR) is 172 cm³/mol. The Kier molecular flexibility index (Phi) is 17.4. The van der Waals surface area contributed by atoms with Gasteiger partial charge in [-0.25, -0.2) is 4.79 Å². The third-order valence-corrected chi connectivity index (χ3v) is 7.06. The summed E-state index contributed by atoms with van der Waals surface area (Å²) in [7, 11) is 0.